The van der Waals surface area contributed by atoms with Gasteiger partial charge < -0.3 is 15.0 Å². The summed E-state index contributed by atoms with van der Waals surface area (Å²) in [4.78, 5) is 26.7. The van der Waals surface area contributed by atoms with Crippen LogP contribution >= 0.6 is 23.2 Å². The summed E-state index contributed by atoms with van der Waals surface area (Å²) >= 11 is 11.9. The van der Waals surface area contributed by atoms with Crippen molar-refractivity contribution in [3.8, 4) is 5.75 Å². The minimum absolute atomic E-state index is 0.0555. The van der Waals surface area contributed by atoms with Crippen molar-refractivity contribution in [2.45, 2.75) is 44.8 Å². The summed E-state index contributed by atoms with van der Waals surface area (Å²) in [6.07, 6.45) is 2.05. The van der Waals surface area contributed by atoms with Crippen LogP contribution in [0.4, 0.5) is 0 Å². The number of nitrogens with one attached hydrogen (secondary N) is 1. The molecule has 1 aliphatic heterocycles. The van der Waals surface area contributed by atoms with E-state index in [4.69, 9.17) is 27.9 Å². The molecule has 30 heavy (non-hydrogen) atoms. The fourth-order valence-corrected chi connectivity index (χ4v) is 3.80. The maximum atomic E-state index is 12.7. The van der Waals surface area contributed by atoms with Crippen LogP contribution in [-0.4, -0.2) is 41.9 Å². The largest absolute Gasteiger partial charge is 0.481 e. The Labute approximate surface area is 187 Å². The highest BCUT2D eigenvalue weighted by Gasteiger charge is 2.27. The smallest absolute Gasteiger partial charge is 0.263 e. The van der Waals surface area contributed by atoms with Crippen LogP contribution in [0.1, 0.15) is 31.7 Å². The Balaban J connectivity index is 1.41. The minimum Gasteiger partial charge on any atom is -0.481 e. The molecule has 1 aliphatic rings. The first kappa shape index (κ1) is 22.4. The van der Waals surface area contributed by atoms with Gasteiger partial charge in [-0.15, -0.1) is 0 Å². The summed E-state index contributed by atoms with van der Waals surface area (Å²) in [5, 5.41) is 3.92. The van der Waals surface area contributed by atoms with Gasteiger partial charge in [0, 0.05) is 31.6 Å². The van der Waals surface area contributed by atoms with Gasteiger partial charge in [-0.25, -0.2) is 0 Å². The van der Waals surface area contributed by atoms with Crippen LogP contribution < -0.4 is 10.1 Å². The third-order valence-electron chi connectivity index (χ3n) is 5.21. The Morgan fingerprint density at radius 1 is 1.10 bits per heavy atom. The van der Waals surface area contributed by atoms with Gasteiger partial charge in [-0.3, -0.25) is 9.59 Å². The van der Waals surface area contributed by atoms with Gasteiger partial charge >= 0.3 is 0 Å². The molecule has 1 N–H and O–H groups in total. The molecule has 0 radical (unpaired) electrons. The third kappa shape index (κ3) is 6.38. The van der Waals surface area contributed by atoms with Gasteiger partial charge in [0.15, 0.2) is 6.10 Å². The summed E-state index contributed by atoms with van der Waals surface area (Å²) in [5.74, 6) is 0.487. The lowest BCUT2D eigenvalue weighted by Gasteiger charge is -2.34. The average molecular weight is 449 g/mol. The maximum absolute atomic E-state index is 12.7. The first-order valence-electron chi connectivity index (χ1n) is 10.2. The van der Waals surface area contributed by atoms with E-state index in [0.29, 0.717) is 35.3 Å². The predicted molar refractivity (Wildman–Crippen MR) is 119 cm³/mol. The number of piperidine rings is 1. The number of ether oxygens (including phenoxy) is 1. The average Bonchev–Trinajstić information content (AvgIpc) is 2.75. The molecule has 0 bridgehead atoms. The van der Waals surface area contributed by atoms with Crippen molar-refractivity contribution in [2.24, 2.45) is 0 Å². The highest BCUT2D eigenvalue weighted by atomic mass is 35.5. The van der Waals surface area contributed by atoms with E-state index < -0.39 is 6.10 Å². The van der Waals surface area contributed by atoms with Crippen molar-refractivity contribution in [3.63, 3.8) is 0 Å². The summed E-state index contributed by atoms with van der Waals surface area (Å²) in [6, 6.07) is 15.0. The summed E-state index contributed by atoms with van der Waals surface area (Å²) < 4.78 is 5.73. The number of hydrogen-bond donors (Lipinski definition) is 1. The Morgan fingerprint density at radius 2 is 1.80 bits per heavy atom. The number of hydrogen-bond acceptors (Lipinski definition) is 3. The zero-order valence-electron chi connectivity index (χ0n) is 16.9. The standard InChI is InChI=1S/C23H26Cl2N2O3/c1-16(30-19-8-9-20(24)21(25)15-19)23(29)27-13-11-18(12-14-27)26-22(28)10-7-17-5-3-2-4-6-17/h2-6,8-9,15-16,18H,7,10-14H2,1H3,(H,26,28). The fourth-order valence-electron chi connectivity index (χ4n) is 3.51. The number of benzene rings is 2. The van der Waals surface area contributed by atoms with Crippen LogP contribution in [0.3, 0.4) is 0 Å². The molecule has 2 aromatic rings. The van der Waals surface area contributed by atoms with E-state index in [9.17, 15) is 9.59 Å². The lowest BCUT2D eigenvalue weighted by atomic mass is 10.0. The van der Waals surface area contributed by atoms with Gasteiger partial charge in [0.2, 0.25) is 5.91 Å². The molecule has 0 spiro atoms. The van der Waals surface area contributed by atoms with Crippen molar-refractivity contribution in [3.05, 3.63) is 64.1 Å². The number of rotatable bonds is 7. The van der Waals surface area contributed by atoms with Crippen LogP contribution in [0.15, 0.2) is 48.5 Å². The summed E-state index contributed by atoms with van der Waals surface area (Å²) in [5.41, 5.74) is 1.16. The fraction of sp³-hybridized carbons (Fsp3) is 0.391. The molecule has 1 atom stereocenters. The molecule has 1 heterocycles. The molecule has 0 aliphatic carbocycles. The number of carbonyl (C=O) groups excluding carboxylic acids is 2. The molecule has 5 nitrogen and oxygen atoms in total. The maximum Gasteiger partial charge on any atom is 0.263 e. The SMILES string of the molecule is CC(Oc1ccc(Cl)c(Cl)c1)C(=O)N1CCC(NC(=O)CCc2ccccc2)CC1. The van der Waals surface area contributed by atoms with E-state index >= 15 is 0 Å². The van der Waals surface area contributed by atoms with Gasteiger partial charge in [0.25, 0.3) is 5.91 Å². The van der Waals surface area contributed by atoms with Gasteiger partial charge in [-0.1, -0.05) is 53.5 Å². The molecule has 2 aromatic carbocycles. The van der Waals surface area contributed by atoms with Crippen LogP contribution in [-0.2, 0) is 16.0 Å². The van der Waals surface area contributed by atoms with Crippen molar-refractivity contribution in [1.29, 1.82) is 0 Å². The molecule has 1 saturated heterocycles. The summed E-state index contributed by atoms with van der Waals surface area (Å²) in [7, 11) is 0. The Kier molecular flexibility index (Phi) is 8.00. The Bertz CT molecular complexity index is 868. The van der Waals surface area contributed by atoms with Crippen molar-refractivity contribution in [2.75, 3.05) is 13.1 Å². The number of nitrogens with zero attached hydrogens (tertiary/aromatic N) is 1. The molecule has 160 valence electrons. The van der Waals surface area contributed by atoms with E-state index in [0.717, 1.165) is 24.8 Å². The molecule has 1 fully saturated rings. The normalized spacial score (nSPS) is 15.5. The van der Waals surface area contributed by atoms with E-state index in [1.807, 2.05) is 30.3 Å². The van der Waals surface area contributed by atoms with Crippen LogP contribution in [0.25, 0.3) is 0 Å². The second kappa shape index (κ2) is 10.7. The first-order chi connectivity index (χ1) is 14.4. The second-order valence-corrected chi connectivity index (χ2v) is 8.30. The van der Waals surface area contributed by atoms with Crippen molar-refractivity contribution < 1.29 is 14.3 Å². The van der Waals surface area contributed by atoms with Crippen molar-refractivity contribution >= 4 is 35.0 Å². The number of aryl methyl sites for hydroxylation is 1. The lowest BCUT2D eigenvalue weighted by Crippen LogP contribution is -2.49. The zero-order valence-corrected chi connectivity index (χ0v) is 18.5. The predicted octanol–water partition coefficient (Wildman–Crippen LogP) is 4.50. The molecular weight excluding hydrogens is 423 g/mol. The quantitative estimate of drug-likeness (QED) is 0.677. The van der Waals surface area contributed by atoms with Crippen LogP contribution in [0.5, 0.6) is 5.75 Å². The van der Waals surface area contributed by atoms with E-state index in [-0.39, 0.29) is 17.9 Å². The minimum atomic E-state index is -0.626. The number of carbonyl (C=O) groups is 2. The Morgan fingerprint density at radius 3 is 2.47 bits per heavy atom. The van der Waals surface area contributed by atoms with E-state index in [1.165, 1.54) is 0 Å². The molecule has 0 aromatic heterocycles. The number of likely N-dealkylation sites (tertiary alicyclic amines) is 1. The highest BCUT2D eigenvalue weighted by molar-refractivity contribution is 6.42. The van der Waals surface area contributed by atoms with Crippen LogP contribution in [0.2, 0.25) is 10.0 Å². The molecule has 7 heteroatoms. The number of halogens is 2. The second-order valence-electron chi connectivity index (χ2n) is 7.49. The third-order valence-corrected chi connectivity index (χ3v) is 5.95. The monoisotopic (exact) mass is 448 g/mol. The van der Waals surface area contributed by atoms with Gasteiger partial charge in [0.05, 0.1) is 10.0 Å². The number of amides is 2. The van der Waals surface area contributed by atoms with Crippen LogP contribution in [0, 0.1) is 0 Å². The lowest BCUT2D eigenvalue weighted by molar-refractivity contribution is -0.139. The highest BCUT2D eigenvalue weighted by Crippen LogP contribution is 2.27. The first-order valence-corrected chi connectivity index (χ1v) is 10.9. The van der Waals surface area contributed by atoms with Gasteiger partial charge in [-0.05, 0) is 43.9 Å². The summed E-state index contributed by atoms with van der Waals surface area (Å²) in [6.45, 7) is 2.91. The molecular formula is C23H26Cl2N2O3. The van der Waals surface area contributed by atoms with Gasteiger partial charge in [0.1, 0.15) is 5.75 Å². The molecule has 3 rings (SSSR count). The van der Waals surface area contributed by atoms with Gasteiger partial charge in [-0.2, -0.15) is 0 Å². The molecule has 1 unspecified atom stereocenters. The zero-order chi connectivity index (χ0) is 21.5. The van der Waals surface area contributed by atoms with E-state index in [2.05, 4.69) is 5.32 Å². The topological polar surface area (TPSA) is 58.6 Å². The molecule has 0 saturated carbocycles. The molecule has 2 amide bonds. The van der Waals surface area contributed by atoms with Crippen molar-refractivity contribution in [1.82, 2.24) is 10.2 Å². The Hall–Kier alpha value is -2.24. The van der Waals surface area contributed by atoms with E-state index in [1.54, 1.807) is 30.0 Å².